The molecule has 2 aliphatic rings. The average Bonchev–Trinajstić information content (AvgIpc) is 3.28. The zero-order chi connectivity index (χ0) is 26.0. The molecule has 3 aromatic carbocycles. The number of fused-ring (bicyclic) bond motifs is 1. The average molecular weight is 498 g/mol. The highest BCUT2D eigenvalue weighted by Crippen LogP contribution is 2.44. The molecule has 0 aromatic heterocycles. The number of nitrogens with two attached hydrogens (primary N) is 1. The number of likely N-dealkylation sites (tertiary alicyclic amines) is 1. The molecule has 0 aliphatic carbocycles. The van der Waals surface area contributed by atoms with Crippen LogP contribution in [0.4, 0.5) is 5.69 Å². The molecular formula is C33H43N3O. The Balaban J connectivity index is 1.13. The highest BCUT2D eigenvalue weighted by Gasteiger charge is 2.39. The summed E-state index contributed by atoms with van der Waals surface area (Å²) < 4.78 is 6.64. The van der Waals surface area contributed by atoms with E-state index in [0.717, 1.165) is 55.5 Å². The van der Waals surface area contributed by atoms with E-state index in [4.69, 9.17) is 10.5 Å². The molecule has 0 bridgehead atoms. The van der Waals surface area contributed by atoms with E-state index in [1.807, 2.05) is 0 Å². The van der Waals surface area contributed by atoms with Crippen molar-refractivity contribution in [1.82, 2.24) is 10.2 Å². The van der Waals surface area contributed by atoms with E-state index in [1.165, 1.54) is 47.1 Å². The van der Waals surface area contributed by atoms with E-state index in [1.54, 1.807) is 0 Å². The first-order chi connectivity index (χ1) is 17.8. The second-order valence-corrected chi connectivity index (χ2v) is 11.5. The monoisotopic (exact) mass is 497 g/mol. The van der Waals surface area contributed by atoms with Gasteiger partial charge in [0.2, 0.25) is 0 Å². The van der Waals surface area contributed by atoms with E-state index in [9.17, 15) is 0 Å². The second-order valence-electron chi connectivity index (χ2n) is 11.5. The maximum absolute atomic E-state index is 6.64. The molecule has 1 atom stereocenters. The fraction of sp³-hybridized carbons (Fsp3) is 0.455. The molecule has 1 fully saturated rings. The van der Waals surface area contributed by atoms with Crippen molar-refractivity contribution in [1.29, 1.82) is 0 Å². The first kappa shape index (κ1) is 25.8. The van der Waals surface area contributed by atoms with E-state index in [2.05, 4.69) is 98.6 Å². The van der Waals surface area contributed by atoms with Crippen LogP contribution in [0.1, 0.15) is 65.6 Å². The Kier molecular flexibility index (Phi) is 7.60. The lowest BCUT2D eigenvalue weighted by atomic mass is 9.90. The third-order valence-electron chi connectivity index (χ3n) is 8.77. The molecule has 3 N–H and O–H groups in total. The summed E-state index contributed by atoms with van der Waals surface area (Å²) in [5, 5.41) is 3.86. The molecule has 2 aliphatic heterocycles. The van der Waals surface area contributed by atoms with Gasteiger partial charge < -0.3 is 15.8 Å². The smallest absolute Gasteiger partial charge is 0.127 e. The SMILES string of the molecule is Cc1c(C)c2c(c(C)c1N)CC(C)(CN1CCC(CCNC(c3ccccc3)c3ccccc3)CC1)O2. The van der Waals surface area contributed by atoms with Crippen LogP contribution in [0.5, 0.6) is 5.75 Å². The fourth-order valence-electron chi connectivity index (χ4n) is 6.37. The summed E-state index contributed by atoms with van der Waals surface area (Å²) in [6, 6.07) is 21.9. The summed E-state index contributed by atoms with van der Waals surface area (Å²) in [6.45, 7) is 13.0. The number of piperidine rings is 1. The minimum Gasteiger partial charge on any atom is -0.485 e. The van der Waals surface area contributed by atoms with Crippen molar-refractivity contribution >= 4 is 5.69 Å². The molecule has 3 aromatic rings. The van der Waals surface area contributed by atoms with Crippen molar-refractivity contribution in [3.8, 4) is 5.75 Å². The molecule has 37 heavy (non-hydrogen) atoms. The standard InChI is InChI=1S/C33H43N3O/c1-23-24(2)32-29(25(3)30(23)34)21-33(4,37-32)22-36-19-16-26(17-20-36)15-18-35-31(27-11-7-5-8-12-27)28-13-9-6-10-14-28/h5-14,26,31,35H,15-22,34H2,1-4H3. The lowest BCUT2D eigenvalue weighted by molar-refractivity contribution is 0.0466. The minimum atomic E-state index is -0.176. The maximum atomic E-state index is 6.64. The Bertz CT molecular complexity index is 1120. The Morgan fingerprint density at radius 2 is 1.51 bits per heavy atom. The Morgan fingerprint density at radius 3 is 2.11 bits per heavy atom. The fourth-order valence-corrected chi connectivity index (χ4v) is 6.37. The predicted octanol–water partition coefficient (Wildman–Crippen LogP) is 6.37. The van der Waals surface area contributed by atoms with Crippen molar-refractivity contribution < 1.29 is 4.74 Å². The van der Waals surface area contributed by atoms with Crippen molar-refractivity contribution in [3.63, 3.8) is 0 Å². The largest absolute Gasteiger partial charge is 0.485 e. The normalized spacial score (nSPS) is 20.2. The van der Waals surface area contributed by atoms with Crippen LogP contribution >= 0.6 is 0 Å². The lowest BCUT2D eigenvalue weighted by Gasteiger charge is -2.37. The van der Waals surface area contributed by atoms with E-state index < -0.39 is 0 Å². The third-order valence-corrected chi connectivity index (χ3v) is 8.77. The maximum Gasteiger partial charge on any atom is 0.127 e. The predicted molar refractivity (Wildman–Crippen MR) is 154 cm³/mol. The zero-order valence-electron chi connectivity index (χ0n) is 23.0. The molecule has 0 amide bonds. The van der Waals surface area contributed by atoms with Crippen molar-refractivity contribution in [2.45, 2.75) is 65.0 Å². The molecule has 1 saturated heterocycles. The molecule has 5 rings (SSSR count). The minimum absolute atomic E-state index is 0.176. The van der Waals surface area contributed by atoms with Gasteiger partial charge in [-0.05, 0) is 100 Å². The van der Waals surface area contributed by atoms with Crippen molar-refractivity contribution in [3.05, 3.63) is 94.0 Å². The van der Waals surface area contributed by atoms with E-state index in [0.29, 0.717) is 0 Å². The number of nitrogens with one attached hydrogen (secondary N) is 1. The number of hydrogen-bond donors (Lipinski definition) is 2. The van der Waals surface area contributed by atoms with Gasteiger partial charge in [0.05, 0.1) is 6.04 Å². The third kappa shape index (κ3) is 5.56. The first-order valence-corrected chi connectivity index (χ1v) is 14.0. The summed E-state index contributed by atoms with van der Waals surface area (Å²) in [5.41, 5.74) is 14.7. The highest BCUT2D eigenvalue weighted by atomic mass is 16.5. The van der Waals surface area contributed by atoms with Gasteiger partial charge in [-0.25, -0.2) is 0 Å². The summed E-state index contributed by atoms with van der Waals surface area (Å²) in [4.78, 5) is 2.62. The number of nitrogens with zero attached hydrogens (tertiary/aromatic N) is 1. The summed E-state index contributed by atoms with van der Waals surface area (Å²) in [6.07, 6.45) is 4.69. The van der Waals surface area contributed by atoms with Crippen molar-refractivity contribution in [2.24, 2.45) is 5.92 Å². The Labute approximate surface area is 223 Å². The molecule has 1 unspecified atom stereocenters. The number of anilines is 1. The van der Waals surface area contributed by atoms with Gasteiger partial charge in [-0.2, -0.15) is 0 Å². The summed E-state index contributed by atoms with van der Waals surface area (Å²) >= 11 is 0. The number of ether oxygens (including phenoxy) is 1. The topological polar surface area (TPSA) is 50.5 Å². The van der Waals surface area contributed by atoms with Crippen LogP contribution in [0.2, 0.25) is 0 Å². The van der Waals surface area contributed by atoms with Gasteiger partial charge in [0.1, 0.15) is 11.4 Å². The van der Waals surface area contributed by atoms with Gasteiger partial charge in [0.25, 0.3) is 0 Å². The van der Waals surface area contributed by atoms with Crippen LogP contribution in [0.15, 0.2) is 60.7 Å². The lowest BCUT2D eigenvalue weighted by Crippen LogP contribution is -2.47. The first-order valence-electron chi connectivity index (χ1n) is 14.0. The van der Waals surface area contributed by atoms with Gasteiger partial charge in [0.15, 0.2) is 0 Å². The van der Waals surface area contributed by atoms with Gasteiger partial charge in [-0.1, -0.05) is 60.7 Å². The summed E-state index contributed by atoms with van der Waals surface area (Å²) in [5.74, 6) is 1.86. The number of rotatable bonds is 8. The van der Waals surface area contributed by atoms with Crippen LogP contribution in [0.25, 0.3) is 0 Å². The quantitative estimate of drug-likeness (QED) is 0.355. The molecule has 4 nitrogen and oxygen atoms in total. The van der Waals surface area contributed by atoms with Crippen LogP contribution in [-0.4, -0.2) is 36.7 Å². The second kappa shape index (κ2) is 10.9. The van der Waals surface area contributed by atoms with Gasteiger partial charge in [-0.3, -0.25) is 4.90 Å². The Hall–Kier alpha value is -2.82. The molecule has 2 heterocycles. The van der Waals surface area contributed by atoms with Crippen LogP contribution in [-0.2, 0) is 6.42 Å². The van der Waals surface area contributed by atoms with Gasteiger partial charge in [-0.15, -0.1) is 0 Å². The van der Waals surface area contributed by atoms with E-state index in [-0.39, 0.29) is 11.6 Å². The van der Waals surface area contributed by atoms with Gasteiger partial charge in [0, 0.05) is 24.2 Å². The number of hydrogen-bond acceptors (Lipinski definition) is 4. The van der Waals surface area contributed by atoms with Crippen molar-refractivity contribution in [2.75, 3.05) is 31.9 Å². The van der Waals surface area contributed by atoms with Crippen LogP contribution in [0, 0.1) is 26.7 Å². The van der Waals surface area contributed by atoms with Crippen LogP contribution in [0.3, 0.4) is 0 Å². The van der Waals surface area contributed by atoms with Gasteiger partial charge >= 0.3 is 0 Å². The molecule has 196 valence electrons. The molecule has 0 saturated carbocycles. The molecule has 0 spiro atoms. The molecular weight excluding hydrogens is 454 g/mol. The van der Waals surface area contributed by atoms with E-state index >= 15 is 0 Å². The highest BCUT2D eigenvalue weighted by molar-refractivity contribution is 5.66. The number of benzene rings is 3. The molecule has 4 heteroatoms. The number of nitrogen functional groups attached to an aromatic ring is 1. The summed E-state index contributed by atoms with van der Waals surface area (Å²) in [7, 11) is 0. The zero-order valence-corrected chi connectivity index (χ0v) is 23.0. The molecule has 0 radical (unpaired) electrons. The van der Waals surface area contributed by atoms with Crippen LogP contribution < -0.4 is 15.8 Å². The Morgan fingerprint density at radius 1 is 0.919 bits per heavy atom.